The van der Waals surface area contributed by atoms with Crippen molar-refractivity contribution in [3.05, 3.63) is 0 Å². The van der Waals surface area contributed by atoms with E-state index in [2.05, 4.69) is 4.74 Å². The van der Waals surface area contributed by atoms with Gasteiger partial charge in [0.1, 0.15) is 0 Å². The Labute approximate surface area is 30.0 Å². The monoisotopic (exact) mass is 69.0 g/mol. The van der Waals surface area contributed by atoms with Gasteiger partial charge in [0.05, 0.1) is 12.7 Å². The zero-order valence-corrected chi connectivity index (χ0v) is 2.64. The van der Waals surface area contributed by atoms with Gasteiger partial charge in [-0.3, -0.25) is 0 Å². The molecule has 1 aliphatic rings. The van der Waals surface area contributed by atoms with E-state index in [1.54, 1.807) is 0 Å². The van der Waals surface area contributed by atoms with Crippen molar-refractivity contribution >= 4 is 0 Å². The van der Waals surface area contributed by atoms with Gasteiger partial charge in [-0.15, -0.1) is 0 Å². The summed E-state index contributed by atoms with van der Waals surface area (Å²) in [4.78, 5) is 0. The van der Waals surface area contributed by atoms with Gasteiger partial charge in [-0.1, -0.05) is 0 Å². The minimum Gasteiger partial charge on any atom is -0.357 e. The van der Waals surface area contributed by atoms with Crippen LogP contribution < -0.4 is 0 Å². The Bertz CT molecular complexity index is 69.5. The number of nitrogens with zero attached hydrogens (tertiary/aromatic N) is 1. The highest BCUT2D eigenvalue weighted by Crippen LogP contribution is 2.04. The maximum atomic E-state index is 7.83. The molecule has 1 saturated heterocycles. The van der Waals surface area contributed by atoms with Crippen molar-refractivity contribution in [1.82, 2.24) is 0 Å². The molecule has 0 spiro atoms. The molecule has 1 heterocycles. The number of rotatable bonds is 0. The molecule has 0 bridgehead atoms. The van der Waals surface area contributed by atoms with Gasteiger partial charge in [-0.05, 0) is 0 Å². The molecular weight excluding hydrogens is 66.0 g/mol. The van der Waals surface area contributed by atoms with Crippen LogP contribution in [0.3, 0.4) is 0 Å². The molecule has 1 unspecified atom stereocenters. The second-order valence-electron chi connectivity index (χ2n) is 0.951. The van der Waals surface area contributed by atoms with Crippen LogP contribution in [0.1, 0.15) is 0 Å². The molecule has 0 saturated carbocycles. The van der Waals surface area contributed by atoms with Crippen LogP contribution in [0.5, 0.6) is 0 Å². The summed E-state index contributed by atoms with van der Waals surface area (Å²) in [6.45, 7) is 0.649. The van der Waals surface area contributed by atoms with Crippen molar-refractivity contribution in [3.63, 3.8) is 0 Å². The molecule has 2 nitrogen and oxygen atoms in total. The van der Waals surface area contributed by atoms with Crippen molar-refractivity contribution in [2.75, 3.05) is 6.61 Å². The average Bonchev–Trinajstić information content (AvgIpc) is 2.12. The predicted molar refractivity (Wildman–Crippen MR) is 15.4 cm³/mol. The standard InChI is InChI=1S/C3H3NO/c4-1-3-2-5-3/h3H,2H2. The van der Waals surface area contributed by atoms with E-state index in [9.17, 15) is 0 Å². The van der Waals surface area contributed by atoms with E-state index >= 15 is 0 Å². The molecule has 0 aromatic carbocycles. The fraction of sp³-hybridized carbons (Fsp3) is 0.667. The summed E-state index contributed by atoms with van der Waals surface area (Å²) >= 11 is 0. The molecule has 1 fully saturated rings. The molecule has 1 rings (SSSR count). The maximum Gasteiger partial charge on any atom is 0.167 e. The van der Waals surface area contributed by atoms with E-state index < -0.39 is 0 Å². The first kappa shape index (κ1) is 2.67. The molecule has 5 heavy (non-hydrogen) atoms. The molecule has 0 aromatic rings. The highest BCUT2D eigenvalue weighted by Gasteiger charge is 2.20. The lowest BCUT2D eigenvalue weighted by Gasteiger charge is -1.49. The Kier molecular flexibility index (Phi) is 0.373. The molecule has 0 amide bonds. The van der Waals surface area contributed by atoms with Gasteiger partial charge in [0, 0.05) is 0 Å². The van der Waals surface area contributed by atoms with Gasteiger partial charge in [-0.2, -0.15) is 5.26 Å². The molecule has 0 aromatic heterocycles. The Morgan fingerprint density at radius 1 is 2.00 bits per heavy atom. The minimum atomic E-state index is -0.0602. The molecule has 1 atom stereocenters. The van der Waals surface area contributed by atoms with Gasteiger partial charge < -0.3 is 4.74 Å². The number of nitriles is 1. The highest BCUT2D eigenvalue weighted by molar-refractivity contribution is 4.92. The van der Waals surface area contributed by atoms with Crippen molar-refractivity contribution in [3.8, 4) is 6.07 Å². The molecule has 2 heteroatoms. The van der Waals surface area contributed by atoms with E-state index in [0.29, 0.717) is 6.61 Å². The normalized spacial score (nSPS) is 32.2. The van der Waals surface area contributed by atoms with E-state index in [0.717, 1.165) is 0 Å². The number of epoxide rings is 1. The van der Waals surface area contributed by atoms with E-state index in [1.165, 1.54) is 0 Å². The van der Waals surface area contributed by atoms with E-state index in [4.69, 9.17) is 5.26 Å². The third-order valence-corrected chi connectivity index (χ3v) is 0.477. The number of hydrogen-bond acceptors (Lipinski definition) is 2. The third kappa shape index (κ3) is 0.366. The van der Waals surface area contributed by atoms with Crippen LogP contribution in [0.4, 0.5) is 0 Å². The fourth-order valence-electron chi connectivity index (χ4n) is 0.123. The Morgan fingerprint density at radius 2 is 2.60 bits per heavy atom. The first-order valence-electron chi connectivity index (χ1n) is 1.44. The van der Waals surface area contributed by atoms with Crippen LogP contribution in [-0.4, -0.2) is 12.7 Å². The summed E-state index contributed by atoms with van der Waals surface area (Å²) in [6.07, 6.45) is -0.0602. The SMILES string of the molecule is N#CC1CO1. The van der Waals surface area contributed by atoms with E-state index in [-0.39, 0.29) is 6.10 Å². The minimum absolute atomic E-state index is 0.0602. The smallest absolute Gasteiger partial charge is 0.167 e. The lowest BCUT2D eigenvalue weighted by molar-refractivity contribution is 0.443. The average molecular weight is 69.1 g/mol. The topological polar surface area (TPSA) is 36.3 Å². The Hall–Kier alpha value is -0.550. The second kappa shape index (κ2) is 0.697. The third-order valence-electron chi connectivity index (χ3n) is 0.477. The highest BCUT2D eigenvalue weighted by atomic mass is 16.6. The molecule has 0 radical (unpaired) electrons. The first-order valence-corrected chi connectivity index (χ1v) is 1.44. The molecule has 26 valence electrons. The lowest BCUT2D eigenvalue weighted by Crippen LogP contribution is -1.67. The Morgan fingerprint density at radius 3 is 2.60 bits per heavy atom. The van der Waals surface area contributed by atoms with Gasteiger partial charge in [-0.25, -0.2) is 0 Å². The van der Waals surface area contributed by atoms with Crippen LogP contribution in [0.2, 0.25) is 0 Å². The first-order chi connectivity index (χ1) is 2.43. The summed E-state index contributed by atoms with van der Waals surface area (Å²) in [5, 5.41) is 7.83. The maximum absolute atomic E-state index is 7.83. The van der Waals surface area contributed by atoms with Crippen LogP contribution in [0, 0.1) is 11.3 Å². The zero-order chi connectivity index (χ0) is 3.70. The van der Waals surface area contributed by atoms with Gasteiger partial charge in [0.2, 0.25) is 0 Å². The summed E-state index contributed by atoms with van der Waals surface area (Å²) in [7, 11) is 0. The van der Waals surface area contributed by atoms with Crippen LogP contribution in [0.25, 0.3) is 0 Å². The van der Waals surface area contributed by atoms with Crippen molar-refractivity contribution in [2.24, 2.45) is 0 Å². The van der Waals surface area contributed by atoms with Crippen molar-refractivity contribution in [1.29, 1.82) is 5.26 Å². The molecule has 0 aliphatic carbocycles. The summed E-state index contributed by atoms with van der Waals surface area (Å²) in [6, 6.07) is 1.92. The number of ether oxygens (including phenoxy) is 1. The van der Waals surface area contributed by atoms with Gasteiger partial charge >= 0.3 is 0 Å². The fourth-order valence-corrected chi connectivity index (χ4v) is 0.123. The quantitative estimate of drug-likeness (QED) is 0.373. The largest absolute Gasteiger partial charge is 0.357 e. The van der Waals surface area contributed by atoms with E-state index in [1.807, 2.05) is 6.07 Å². The summed E-state index contributed by atoms with van der Waals surface area (Å²) in [5.74, 6) is 0. The molecular formula is C3H3NO. The van der Waals surface area contributed by atoms with Gasteiger partial charge in [0.25, 0.3) is 0 Å². The van der Waals surface area contributed by atoms with Crippen LogP contribution >= 0.6 is 0 Å². The van der Waals surface area contributed by atoms with Crippen LogP contribution in [0.15, 0.2) is 0 Å². The molecule has 0 N–H and O–H groups in total. The Balaban J connectivity index is 2.30. The number of hydrogen-bond donors (Lipinski definition) is 0. The second-order valence-corrected chi connectivity index (χ2v) is 0.951. The zero-order valence-electron chi connectivity index (χ0n) is 2.64. The summed E-state index contributed by atoms with van der Waals surface area (Å²) < 4.78 is 4.50. The lowest BCUT2D eigenvalue weighted by atomic mass is 10.6. The predicted octanol–water partition coefficient (Wildman–Crippen LogP) is -0.0912. The summed E-state index contributed by atoms with van der Waals surface area (Å²) in [5.41, 5.74) is 0. The van der Waals surface area contributed by atoms with Crippen molar-refractivity contribution in [2.45, 2.75) is 6.10 Å². The van der Waals surface area contributed by atoms with Crippen LogP contribution in [-0.2, 0) is 4.74 Å². The van der Waals surface area contributed by atoms with Gasteiger partial charge in [0.15, 0.2) is 6.10 Å². The van der Waals surface area contributed by atoms with Crippen molar-refractivity contribution < 1.29 is 4.74 Å². The molecule has 1 aliphatic heterocycles.